The maximum Gasteiger partial charge on any atom is 0.329 e. The summed E-state index contributed by atoms with van der Waals surface area (Å²) in [6.07, 6.45) is 3.80. The van der Waals surface area contributed by atoms with E-state index in [1.807, 2.05) is 0 Å². The lowest BCUT2D eigenvalue weighted by molar-refractivity contribution is -0.144. The van der Waals surface area contributed by atoms with E-state index in [0.29, 0.717) is 18.5 Å². The molecule has 0 unspecified atom stereocenters. The Balaban J connectivity index is 2.87. The number of rotatable bonds is 5. The molecule has 0 saturated carbocycles. The van der Waals surface area contributed by atoms with Crippen LogP contribution >= 0.6 is 0 Å². The number of carbonyl (C=O) groups excluding carboxylic acids is 1. The SMILES string of the molecule is CCC(CC)(NC(=O)N(C)c1cccnc1)C(=O)O. The minimum atomic E-state index is -1.23. The summed E-state index contributed by atoms with van der Waals surface area (Å²) in [6, 6.07) is 2.98. The van der Waals surface area contributed by atoms with E-state index in [0.717, 1.165) is 0 Å². The van der Waals surface area contributed by atoms with Crippen LogP contribution in [0.3, 0.4) is 0 Å². The lowest BCUT2D eigenvalue weighted by Gasteiger charge is -2.30. The number of pyridine rings is 1. The first-order valence-corrected chi connectivity index (χ1v) is 6.16. The van der Waals surface area contributed by atoms with Crippen LogP contribution in [0, 0.1) is 0 Å². The Morgan fingerprint density at radius 2 is 2.05 bits per heavy atom. The van der Waals surface area contributed by atoms with E-state index in [-0.39, 0.29) is 0 Å². The zero-order valence-corrected chi connectivity index (χ0v) is 11.4. The number of anilines is 1. The van der Waals surface area contributed by atoms with Crippen LogP contribution in [0.1, 0.15) is 26.7 Å². The first-order valence-electron chi connectivity index (χ1n) is 6.16. The Bertz CT molecular complexity index is 444. The van der Waals surface area contributed by atoms with E-state index in [4.69, 9.17) is 0 Å². The molecule has 1 aromatic heterocycles. The Morgan fingerprint density at radius 3 is 2.47 bits per heavy atom. The first-order chi connectivity index (χ1) is 8.96. The van der Waals surface area contributed by atoms with Gasteiger partial charge in [-0.2, -0.15) is 0 Å². The van der Waals surface area contributed by atoms with Crippen molar-refractivity contribution >= 4 is 17.7 Å². The van der Waals surface area contributed by atoms with E-state index in [9.17, 15) is 14.7 Å². The van der Waals surface area contributed by atoms with E-state index in [1.54, 1.807) is 45.4 Å². The molecule has 1 aromatic rings. The largest absolute Gasteiger partial charge is 0.480 e. The van der Waals surface area contributed by atoms with Crippen LogP contribution in [0.4, 0.5) is 10.5 Å². The number of carbonyl (C=O) groups is 2. The van der Waals surface area contributed by atoms with Crippen molar-refractivity contribution in [2.75, 3.05) is 11.9 Å². The van der Waals surface area contributed by atoms with Crippen LogP contribution < -0.4 is 10.2 Å². The molecule has 0 aliphatic rings. The second kappa shape index (κ2) is 6.17. The lowest BCUT2D eigenvalue weighted by atomic mass is 9.93. The molecule has 104 valence electrons. The Kier molecular flexibility index (Phi) is 4.86. The standard InChI is InChI=1S/C13H19N3O3/c1-4-13(5-2,11(17)18)15-12(19)16(3)10-7-6-8-14-9-10/h6-9H,4-5H2,1-3H3,(H,15,19)(H,17,18). The molecule has 0 spiro atoms. The van der Waals surface area contributed by atoms with Crippen molar-refractivity contribution in [1.29, 1.82) is 0 Å². The normalized spacial score (nSPS) is 10.9. The fourth-order valence-corrected chi connectivity index (χ4v) is 1.74. The third-order valence-electron chi connectivity index (χ3n) is 3.30. The third-order valence-corrected chi connectivity index (χ3v) is 3.30. The molecular formula is C13H19N3O3. The van der Waals surface area contributed by atoms with Gasteiger partial charge in [0.25, 0.3) is 0 Å². The van der Waals surface area contributed by atoms with E-state index < -0.39 is 17.5 Å². The fraction of sp³-hybridized carbons (Fsp3) is 0.462. The van der Waals surface area contributed by atoms with Crippen LogP contribution in [0.5, 0.6) is 0 Å². The van der Waals surface area contributed by atoms with Gasteiger partial charge < -0.3 is 10.4 Å². The molecule has 1 rings (SSSR count). The number of amides is 2. The Labute approximate surface area is 112 Å². The van der Waals surface area contributed by atoms with Gasteiger partial charge in [0.05, 0.1) is 11.9 Å². The molecular weight excluding hydrogens is 246 g/mol. The van der Waals surface area contributed by atoms with Gasteiger partial charge in [-0.1, -0.05) is 13.8 Å². The summed E-state index contributed by atoms with van der Waals surface area (Å²) >= 11 is 0. The number of aromatic nitrogens is 1. The van der Waals surface area contributed by atoms with Crippen LogP contribution in [0.25, 0.3) is 0 Å². The summed E-state index contributed by atoms with van der Waals surface area (Å²) in [5.74, 6) is -1.02. The number of carboxylic acids is 1. The predicted octanol–water partition coefficient (Wildman–Crippen LogP) is 1.87. The summed E-state index contributed by atoms with van der Waals surface area (Å²) in [4.78, 5) is 28.7. The van der Waals surface area contributed by atoms with Gasteiger partial charge in [-0.25, -0.2) is 9.59 Å². The molecule has 0 aliphatic carbocycles. The molecule has 0 aromatic carbocycles. The van der Waals surface area contributed by atoms with Gasteiger partial charge in [0.1, 0.15) is 5.54 Å². The average Bonchev–Trinajstić information content (AvgIpc) is 2.44. The monoisotopic (exact) mass is 265 g/mol. The van der Waals surface area contributed by atoms with Crippen molar-refractivity contribution in [3.63, 3.8) is 0 Å². The third kappa shape index (κ3) is 3.21. The lowest BCUT2D eigenvalue weighted by Crippen LogP contribution is -2.56. The highest BCUT2D eigenvalue weighted by atomic mass is 16.4. The van der Waals surface area contributed by atoms with Crippen molar-refractivity contribution in [2.24, 2.45) is 0 Å². The molecule has 0 atom stereocenters. The molecule has 0 radical (unpaired) electrons. The fourth-order valence-electron chi connectivity index (χ4n) is 1.74. The van der Waals surface area contributed by atoms with Crippen LogP contribution in [0.15, 0.2) is 24.5 Å². The number of hydrogen-bond donors (Lipinski definition) is 2. The average molecular weight is 265 g/mol. The van der Waals surface area contributed by atoms with E-state index in [1.165, 1.54) is 4.90 Å². The molecule has 2 N–H and O–H groups in total. The Hall–Kier alpha value is -2.11. The maximum atomic E-state index is 12.1. The summed E-state index contributed by atoms with van der Waals surface area (Å²) < 4.78 is 0. The smallest absolute Gasteiger partial charge is 0.329 e. The number of hydrogen-bond acceptors (Lipinski definition) is 3. The van der Waals surface area contributed by atoms with Crippen molar-refractivity contribution < 1.29 is 14.7 Å². The predicted molar refractivity (Wildman–Crippen MR) is 72.1 cm³/mol. The van der Waals surface area contributed by atoms with Crippen molar-refractivity contribution in [1.82, 2.24) is 10.3 Å². The van der Waals surface area contributed by atoms with Crippen LogP contribution in [-0.2, 0) is 4.79 Å². The molecule has 0 fully saturated rings. The first kappa shape index (κ1) is 14.9. The van der Waals surface area contributed by atoms with E-state index in [2.05, 4.69) is 10.3 Å². The van der Waals surface area contributed by atoms with Crippen molar-refractivity contribution in [3.8, 4) is 0 Å². The zero-order chi connectivity index (χ0) is 14.5. The molecule has 0 aliphatic heterocycles. The molecule has 6 nitrogen and oxygen atoms in total. The summed E-state index contributed by atoms with van der Waals surface area (Å²) in [6.45, 7) is 3.48. The molecule has 2 amide bonds. The van der Waals surface area contributed by atoms with Gasteiger partial charge in [0, 0.05) is 13.2 Å². The second-order valence-electron chi connectivity index (χ2n) is 4.29. The minimum absolute atomic E-state index is 0.325. The maximum absolute atomic E-state index is 12.1. The number of nitrogens with one attached hydrogen (secondary N) is 1. The number of nitrogens with zero attached hydrogens (tertiary/aromatic N) is 2. The van der Waals surface area contributed by atoms with Gasteiger partial charge in [-0.15, -0.1) is 0 Å². The summed E-state index contributed by atoms with van der Waals surface area (Å²) in [7, 11) is 1.57. The van der Waals surface area contributed by atoms with Gasteiger partial charge in [-0.05, 0) is 25.0 Å². The van der Waals surface area contributed by atoms with Gasteiger partial charge >= 0.3 is 12.0 Å². The highest BCUT2D eigenvalue weighted by Gasteiger charge is 2.37. The van der Waals surface area contributed by atoms with Crippen molar-refractivity contribution in [2.45, 2.75) is 32.2 Å². The van der Waals surface area contributed by atoms with E-state index >= 15 is 0 Å². The van der Waals surface area contributed by atoms with Gasteiger partial charge in [0.2, 0.25) is 0 Å². The molecule has 1 heterocycles. The summed E-state index contributed by atoms with van der Waals surface area (Å²) in [5.41, 5.74) is -0.625. The zero-order valence-electron chi connectivity index (χ0n) is 11.4. The number of carboxylic acid groups (broad SMARTS) is 1. The van der Waals surface area contributed by atoms with Crippen LogP contribution in [-0.4, -0.2) is 34.7 Å². The molecule has 19 heavy (non-hydrogen) atoms. The molecule has 6 heteroatoms. The summed E-state index contributed by atoms with van der Waals surface area (Å²) in [5, 5.41) is 11.9. The molecule has 0 bridgehead atoms. The number of urea groups is 1. The molecule has 0 saturated heterocycles. The highest BCUT2D eigenvalue weighted by Crippen LogP contribution is 2.17. The number of aliphatic carboxylic acids is 1. The Morgan fingerprint density at radius 1 is 1.42 bits per heavy atom. The minimum Gasteiger partial charge on any atom is -0.480 e. The quantitative estimate of drug-likeness (QED) is 0.851. The van der Waals surface area contributed by atoms with Gasteiger partial charge in [0.15, 0.2) is 0 Å². The second-order valence-corrected chi connectivity index (χ2v) is 4.29. The highest BCUT2D eigenvalue weighted by molar-refractivity contribution is 5.95. The van der Waals surface area contributed by atoms with Gasteiger partial charge in [-0.3, -0.25) is 9.88 Å². The van der Waals surface area contributed by atoms with Crippen LogP contribution in [0.2, 0.25) is 0 Å². The van der Waals surface area contributed by atoms with Crippen molar-refractivity contribution in [3.05, 3.63) is 24.5 Å². The topological polar surface area (TPSA) is 82.5 Å².